The number of carbonyl (C=O) groups is 3. The van der Waals surface area contributed by atoms with E-state index in [0.717, 1.165) is 5.75 Å². The normalized spacial score (nSPS) is 14.9. The minimum absolute atomic E-state index is 0.0306. The first-order chi connectivity index (χ1) is 13.0. The molecule has 1 aliphatic heterocycles. The van der Waals surface area contributed by atoms with E-state index in [1.165, 1.54) is 29.1 Å². The van der Waals surface area contributed by atoms with Crippen LogP contribution in [0.25, 0.3) is 0 Å². The van der Waals surface area contributed by atoms with Gasteiger partial charge in [-0.2, -0.15) is 5.10 Å². The summed E-state index contributed by atoms with van der Waals surface area (Å²) in [5, 5.41) is 9.56. The Balaban J connectivity index is 1.47. The molecule has 142 valence electrons. The van der Waals surface area contributed by atoms with Crippen LogP contribution in [-0.2, 0) is 9.59 Å². The van der Waals surface area contributed by atoms with Gasteiger partial charge >= 0.3 is 0 Å². The maximum atomic E-state index is 12.2. The highest BCUT2D eigenvalue weighted by molar-refractivity contribution is 8.13. The molecule has 27 heavy (non-hydrogen) atoms. The van der Waals surface area contributed by atoms with Crippen LogP contribution in [0.3, 0.4) is 0 Å². The SMILES string of the molecule is CC(C(=O)Nc1ccc(NC(=O)CCN2CCSC2=O)cc1)n1cncn1. The fourth-order valence-electron chi connectivity index (χ4n) is 2.51. The number of thioether (sulfide) groups is 1. The van der Waals surface area contributed by atoms with Gasteiger partial charge in [0.25, 0.3) is 5.24 Å². The Morgan fingerprint density at radius 1 is 1.22 bits per heavy atom. The van der Waals surface area contributed by atoms with Crippen molar-refractivity contribution in [2.24, 2.45) is 0 Å². The summed E-state index contributed by atoms with van der Waals surface area (Å²) >= 11 is 1.28. The number of benzene rings is 1. The first kappa shape index (κ1) is 18.9. The number of aromatic nitrogens is 3. The Kier molecular flexibility index (Phi) is 6.07. The summed E-state index contributed by atoms with van der Waals surface area (Å²) in [7, 11) is 0. The zero-order valence-corrected chi connectivity index (χ0v) is 15.6. The molecular weight excluding hydrogens is 368 g/mol. The van der Waals surface area contributed by atoms with Crippen molar-refractivity contribution in [2.45, 2.75) is 19.4 Å². The van der Waals surface area contributed by atoms with Gasteiger partial charge in [0.1, 0.15) is 18.7 Å². The Labute approximate surface area is 160 Å². The molecule has 1 aromatic heterocycles. The van der Waals surface area contributed by atoms with Crippen molar-refractivity contribution in [1.29, 1.82) is 0 Å². The summed E-state index contributed by atoms with van der Waals surface area (Å²) in [6.07, 6.45) is 3.11. The van der Waals surface area contributed by atoms with Gasteiger partial charge < -0.3 is 15.5 Å². The second-order valence-corrected chi connectivity index (χ2v) is 7.06. The van der Waals surface area contributed by atoms with Crippen molar-refractivity contribution in [2.75, 3.05) is 29.5 Å². The number of anilines is 2. The van der Waals surface area contributed by atoms with E-state index in [1.54, 1.807) is 36.1 Å². The van der Waals surface area contributed by atoms with Crippen LogP contribution in [0.2, 0.25) is 0 Å². The van der Waals surface area contributed by atoms with Crippen molar-refractivity contribution >= 4 is 40.2 Å². The van der Waals surface area contributed by atoms with E-state index in [2.05, 4.69) is 20.7 Å². The van der Waals surface area contributed by atoms with Gasteiger partial charge in [-0.3, -0.25) is 14.4 Å². The Morgan fingerprint density at radius 2 is 1.93 bits per heavy atom. The van der Waals surface area contributed by atoms with Gasteiger partial charge in [0.05, 0.1) is 0 Å². The molecule has 1 unspecified atom stereocenters. The first-order valence-electron chi connectivity index (χ1n) is 8.49. The molecule has 0 bridgehead atoms. The van der Waals surface area contributed by atoms with Crippen LogP contribution >= 0.6 is 11.8 Å². The third kappa shape index (κ3) is 5.07. The fraction of sp³-hybridized carbons (Fsp3) is 0.353. The third-order valence-corrected chi connectivity index (χ3v) is 4.99. The van der Waals surface area contributed by atoms with Crippen LogP contribution in [0.15, 0.2) is 36.9 Å². The third-order valence-electron chi connectivity index (χ3n) is 4.10. The van der Waals surface area contributed by atoms with E-state index in [1.807, 2.05) is 0 Å². The molecule has 1 atom stereocenters. The lowest BCUT2D eigenvalue weighted by atomic mass is 10.2. The average molecular weight is 388 g/mol. The van der Waals surface area contributed by atoms with Gasteiger partial charge in [0, 0.05) is 36.6 Å². The molecule has 0 aliphatic carbocycles. The fourth-order valence-corrected chi connectivity index (χ4v) is 3.36. The highest BCUT2D eigenvalue weighted by Crippen LogP contribution is 2.18. The summed E-state index contributed by atoms with van der Waals surface area (Å²) in [4.78, 5) is 41.2. The highest BCUT2D eigenvalue weighted by atomic mass is 32.2. The Hall–Kier alpha value is -2.88. The van der Waals surface area contributed by atoms with Crippen molar-refractivity contribution in [3.63, 3.8) is 0 Å². The van der Waals surface area contributed by atoms with Crippen molar-refractivity contribution in [1.82, 2.24) is 19.7 Å². The van der Waals surface area contributed by atoms with Gasteiger partial charge in [-0.15, -0.1) is 0 Å². The van der Waals surface area contributed by atoms with Crippen molar-refractivity contribution in [3.8, 4) is 0 Å². The van der Waals surface area contributed by atoms with Crippen LogP contribution in [0.4, 0.5) is 16.2 Å². The minimum atomic E-state index is -0.488. The summed E-state index contributed by atoms with van der Waals surface area (Å²) < 4.78 is 1.47. The van der Waals surface area contributed by atoms with Crippen LogP contribution < -0.4 is 10.6 Å². The Bertz CT molecular complexity index is 809. The molecule has 9 nitrogen and oxygen atoms in total. The minimum Gasteiger partial charge on any atom is -0.332 e. The van der Waals surface area contributed by atoms with E-state index < -0.39 is 6.04 Å². The first-order valence-corrected chi connectivity index (χ1v) is 9.48. The molecule has 0 saturated carbocycles. The van der Waals surface area contributed by atoms with E-state index in [-0.39, 0.29) is 23.5 Å². The molecule has 1 fully saturated rings. The van der Waals surface area contributed by atoms with Gasteiger partial charge in [-0.1, -0.05) is 11.8 Å². The molecule has 2 heterocycles. The maximum Gasteiger partial charge on any atom is 0.281 e. The highest BCUT2D eigenvalue weighted by Gasteiger charge is 2.21. The average Bonchev–Trinajstić information content (AvgIpc) is 3.33. The summed E-state index contributed by atoms with van der Waals surface area (Å²) in [5.74, 6) is 0.408. The van der Waals surface area contributed by atoms with Gasteiger partial charge in [-0.25, -0.2) is 9.67 Å². The number of hydrogen-bond acceptors (Lipinski definition) is 6. The molecular formula is C17H20N6O3S. The maximum absolute atomic E-state index is 12.2. The second-order valence-electron chi connectivity index (χ2n) is 6.02. The van der Waals surface area contributed by atoms with Gasteiger partial charge in [-0.05, 0) is 31.2 Å². The number of hydrogen-bond donors (Lipinski definition) is 2. The van der Waals surface area contributed by atoms with E-state index in [9.17, 15) is 14.4 Å². The van der Waals surface area contributed by atoms with Crippen LogP contribution in [-0.4, -0.2) is 55.6 Å². The molecule has 1 saturated heterocycles. The molecule has 3 amide bonds. The molecule has 2 N–H and O–H groups in total. The van der Waals surface area contributed by atoms with Crippen LogP contribution in [0.1, 0.15) is 19.4 Å². The number of carbonyl (C=O) groups excluding carboxylic acids is 3. The van der Waals surface area contributed by atoms with E-state index in [4.69, 9.17) is 0 Å². The number of rotatable bonds is 7. The zero-order valence-electron chi connectivity index (χ0n) is 14.8. The summed E-state index contributed by atoms with van der Waals surface area (Å²) in [5.41, 5.74) is 1.24. The monoisotopic (exact) mass is 388 g/mol. The Morgan fingerprint density at radius 3 is 2.52 bits per heavy atom. The molecule has 0 radical (unpaired) electrons. The predicted octanol–water partition coefficient (Wildman–Crippen LogP) is 1.98. The van der Waals surface area contributed by atoms with Crippen LogP contribution in [0, 0.1) is 0 Å². The van der Waals surface area contributed by atoms with Crippen LogP contribution in [0.5, 0.6) is 0 Å². The molecule has 0 spiro atoms. The lowest BCUT2D eigenvalue weighted by molar-refractivity contribution is -0.119. The lowest BCUT2D eigenvalue weighted by Gasteiger charge is -2.14. The largest absolute Gasteiger partial charge is 0.332 e. The second kappa shape index (κ2) is 8.67. The van der Waals surface area contributed by atoms with E-state index >= 15 is 0 Å². The standard InChI is InChI=1S/C17H20N6O3S/c1-12(23-11-18-10-19-23)16(25)21-14-4-2-13(3-5-14)20-15(24)6-7-22-8-9-27-17(22)26/h2-5,10-12H,6-9H2,1H3,(H,20,24)(H,21,25). The predicted molar refractivity (Wildman–Crippen MR) is 102 cm³/mol. The van der Waals surface area contributed by atoms with Gasteiger partial charge in [0.15, 0.2) is 0 Å². The smallest absolute Gasteiger partial charge is 0.281 e. The molecule has 1 aliphatic rings. The summed E-state index contributed by atoms with van der Waals surface area (Å²) in [6.45, 7) is 2.84. The van der Waals surface area contributed by atoms with E-state index in [0.29, 0.717) is 24.5 Å². The number of nitrogens with zero attached hydrogens (tertiary/aromatic N) is 4. The molecule has 1 aromatic carbocycles. The quantitative estimate of drug-likeness (QED) is 0.751. The number of nitrogens with one attached hydrogen (secondary N) is 2. The van der Waals surface area contributed by atoms with Gasteiger partial charge in [0.2, 0.25) is 11.8 Å². The summed E-state index contributed by atoms with van der Waals surface area (Å²) in [6, 6.07) is 6.36. The van der Waals surface area contributed by atoms with Crippen molar-refractivity contribution < 1.29 is 14.4 Å². The molecule has 2 aromatic rings. The van der Waals surface area contributed by atoms with Crippen molar-refractivity contribution in [3.05, 3.63) is 36.9 Å². The number of amides is 3. The molecule has 3 rings (SSSR count). The molecule has 10 heteroatoms. The zero-order chi connectivity index (χ0) is 19.2. The topological polar surface area (TPSA) is 109 Å². The lowest BCUT2D eigenvalue weighted by Crippen LogP contribution is -2.27.